The maximum atomic E-state index is 13.3. The number of hydrogen-bond donors (Lipinski definition) is 1. The van der Waals surface area contributed by atoms with E-state index in [0.29, 0.717) is 5.56 Å². The molecule has 1 N–H and O–H groups in total. The van der Waals surface area contributed by atoms with Gasteiger partial charge in [0.05, 0.1) is 18.4 Å². The molecule has 0 bridgehead atoms. The van der Waals surface area contributed by atoms with Gasteiger partial charge in [-0.3, -0.25) is 4.18 Å². The quantitative estimate of drug-likeness (QED) is 0.530. The minimum Gasteiger partial charge on any atom is -0.381 e. The zero-order chi connectivity index (χ0) is 22.8. The van der Waals surface area contributed by atoms with Crippen LogP contribution in [0.15, 0.2) is 42.5 Å². The highest BCUT2D eigenvalue weighted by atomic mass is 32.2. The maximum absolute atomic E-state index is 13.3. The number of alkyl halides is 3. The molecule has 172 valence electrons. The predicted octanol–water partition coefficient (Wildman–Crippen LogP) is 5.74. The summed E-state index contributed by atoms with van der Waals surface area (Å²) in [5, 5.41) is 3.53. The minimum atomic E-state index is -4.38. The molecule has 0 spiro atoms. The SMILES string of the molecule is C[C@H](CC[C@@H]1[C@H](C)c2cc(C(F)(F)F)ccc2N[C@H]1C1C=CC=CC1)COS(C)(=O)=O. The van der Waals surface area contributed by atoms with Crippen LogP contribution in [0.4, 0.5) is 18.9 Å². The normalized spacial score (nSPS) is 26.9. The van der Waals surface area contributed by atoms with E-state index in [1.54, 1.807) is 6.07 Å². The van der Waals surface area contributed by atoms with Gasteiger partial charge in [-0.05, 0) is 60.8 Å². The summed E-state index contributed by atoms with van der Waals surface area (Å²) in [7, 11) is -3.50. The number of benzene rings is 1. The standard InChI is InChI=1S/C23H30F3NO3S/c1-15(14-30-31(3,28)29)9-11-19-16(2)20-13-18(23(24,25)26)10-12-21(20)27-22(19)17-7-5-4-6-8-17/h4-7,10,12-13,15-17,19,22,27H,8-9,11,14H2,1-3H3/t15-,16+,17?,19-,22+/m1/s1. The van der Waals surface area contributed by atoms with Crippen LogP contribution in [-0.2, 0) is 20.5 Å². The summed E-state index contributed by atoms with van der Waals surface area (Å²) in [6, 6.07) is 4.03. The van der Waals surface area contributed by atoms with Gasteiger partial charge in [-0.15, -0.1) is 0 Å². The van der Waals surface area contributed by atoms with E-state index in [1.807, 2.05) is 26.0 Å². The topological polar surface area (TPSA) is 55.4 Å². The van der Waals surface area contributed by atoms with E-state index < -0.39 is 21.9 Å². The van der Waals surface area contributed by atoms with Crippen molar-refractivity contribution in [1.82, 2.24) is 0 Å². The number of allylic oxidation sites excluding steroid dienone is 3. The fraction of sp³-hybridized carbons (Fsp3) is 0.565. The van der Waals surface area contributed by atoms with Crippen molar-refractivity contribution in [2.45, 2.75) is 51.2 Å². The van der Waals surface area contributed by atoms with Gasteiger partial charge >= 0.3 is 6.18 Å². The van der Waals surface area contributed by atoms with Crippen molar-refractivity contribution in [3.63, 3.8) is 0 Å². The first kappa shape index (κ1) is 23.9. The fourth-order valence-corrected chi connectivity index (χ4v) is 5.08. The molecule has 0 fully saturated rings. The molecule has 0 radical (unpaired) electrons. The Kier molecular flexibility index (Phi) is 7.21. The lowest BCUT2D eigenvalue weighted by molar-refractivity contribution is -0.137. The van der Waals surface area contributed by atoms with E-state index in [-0.39, 0.29) is 36.3 Å². The average Bonchev–Trinajstić information content (AvgIpc) is 2.70. The molecule has 1 heterocycles. The Morgan fingerprint density at radius 2 is 2.00 bits per heavy atom. The lowest BCUT2D eigenvalue weighted by atomic mass is 9.70. The van der Waals surface area contributed by atoms with Crippen LogP contribution in [0.3, 0.4) is 0 Å². The molecule has 0 saturated heterocycles. The van der Waals surface area contributed by atoms with Gasteiger partial charge in [-0.2, -0.15) is 21.6 Å². The molecule has 5 atom stereocenters. The Bertz CT molecular complexity index is 940. The first-order chi connectivity index (χ1) is 14.5. The van der Waals surface area contributed by atoms with Crippen molar-refractivity contribution in [2.75, 3.05) is 18.2 Å². The van der Waals surface area contributed by atoms with Crippen molar-refractivity contribution >= 4 is 15.8 Å². The molecule has 1 aliphatic heterocycles. The average molecular weight is 458 g/mol. The number of nitrogens with one attached hydrogen (secondary N) is 1. The molecule has 0 amide bonds. The third kappa shape index (κ3) is 6.13. The molecule has 1 unspecified atom stereocenters. The summed E-state index contributed by atoms with van der Waals surface area (Å²) in [5.41, 5.74) is 0.817. The molecule has 4 nitrogen and oxygen atoms in total. The summed E-state index contributed by atoms with van der Waals surface area (Å²) < 4.78 is 67.3. The first-order valence-corrected chi connectivity index (χ1v) is 12.4. The number of hydrogen-bond acceptors (Lipinski definition) is 4. The molecular weight excluding hydrogens is 427 g/mol. The summed E-state index contributed by atoms with van der Waals surface area (Å²) in [6.45, 7) is 4.04. The van der Waals surface area contributed by atoms with E-state index in [4.69, 9.17) is 4.18 Å². The third-order valence-electron chi connectivity index (χ3n) is 6.33. The van der Waals surface area contributed by atoms with Crippen LogP contribution in [0.25, 0.3) is 0 Å². The van der Waals surface area contributed by atoms with E-state index in [0.717, 1.165) is 37.3 Å². The van der Waals surface area contributed by atoms with E-state index in [9.17, 15) is 21.6 Å². The Hall–Kier alpha value is -1.80. The summed E-state index contributed by atoms with van der Waals surface area (Å²) >= 11 is 0. The highest BCUT2D eigenvalue weighted by Gasteiger charge is 2.39. The van der Waals surface area contributed by atoms with Gasteiger partial charge in [-0.25, -0.2) is 0 Å². The smallest absolute Gasteiger partial charge is 0.381 e. The van der Waals surface area contributed by atoms with E-state index >= 15 is 0 Å². The molecule has 8 heteroatoms. The van der Waals surface area contributed by atoms with Crippen LogP contribution in [0.5, 0.6) is 0 Å². The zero-order valence-corrected chi connectivity index (χ0v) is 18.8. The number of anilines is 1. The molecule has 0 saturated carbocycles. The fourth-order valence-electron chi connectivity index (χ4n) is 4.60. The van der Waals surface area contributed by atoms with Crippen molar-refractivity contribution in [1.29, 1.82) is 0 Å². The summed E-state index contributed by atoms with van der Waals surface area (Å²) in [6.07, 6.45) is 7.30. The molecular formula is C23H30F3NO3S. The Labute approximate surface area is 182 Å². The Balaban J connectivity index is 1.82. The van der Waals surface area contributed by atoms with Crippen LogP contribution in [0.2, 0.25) is 0 Å². The lowest BCUT2D eigenvalue weighted by Gasteiger charge is -2.43. The lowest BCUT2D eigenvalue weighted by Crippen LogP contribution is -2.42. The monoisotopic (exact) mass is 457 g/mol. The summed E-state index contributed by atoms with van der Waals surface area (Å²) in [4.78, 5) is 0. The molecule has 1 aromatic carbocycles. The second-order valence-corrected chi connectivity index (χ2v) is 10.5. The second kappa shape index (κ2) is 9.36. The predicted molar refractivity (Wildman–Crippen MR) is 116 cm³/mol. The maximum Gasteiger partial charge on any atom is 0.416 e. The van der Waals surface area contributed by atoms with Gasteiger partial charge in [0, 0.05) is 17.6 Å². The van der Waals surface area contributed by atoms with Crippen molar-refractivity contribution in [3.8, 4) is 0 Å². The van der Waals surface area contributed by atoms with Crippen molar-refractivity contribution < 1.29 is 25.8 Å². The van der Waals surface area contributed by atoms with Gasteiger partial charge in [0.15, 0.2) is 0 Å². The Morgan fingerprint density at radius 1 is 1.26 bits per heavy atom. The molecule has 31 heavy (non-hydrogen) atoms. The Morgan fingerprint density at radius 3 is 2.61 bits per heavy atom. The summed E-state index contributed by atoms with van der Waals surface area (Å²) in [5.74, 6) is 0.312. The van der Waals surface area contributed by atoms with Gasteiger partial charge in [0.25, 0.3) is 10.1 Å². The minimum absolute atomic E-state index is 0.0206. The molecule has 2 aliphatic rings. The van der Waals surface area contributed by atoms with Crippen LogP contribution < -0.4 is 5.32 Å². The molecule has 1 aliphatic carbocycles. The van der Waals surface area contributed by atoms with Crippen LogP contribution in [0, 0.1) is 17.8 Å². The highest BCUT2D eigenvalue weighted by Crippen LogP contribution is 2.45. The zero-order valence-electron chi connectivity index (χ0n) is 18.0. The first-order valence-electron chi connectivity index (χ1n) is 10.6. The third-order valence-corrected chi connectivity index (χ3v) is 6.89. The van der Waals surface area contributed by atoms with Gasteiger partial charge in [-0.1, -0.05) is 38.2 Å². The number of fused-ring (bicyclic) bond motifs is 1. The molecule has 3 rings (SSSR count). The van der Waals surface area contributed by atoms with E-state index in [2.05, 4.69) is 17.5 Å². The highest BCUT2D eigenvalue weighted by molar-refractivity contribution is 7.85. The largest absolute Gasteiger partial charge is 0.416 e. The van der Waals surface area contributed by atoms with Crippen LogP contribution >= 0.6 is 0 Å². The van der Waals surface area contributed by atoms with Gasteiger partial charge in [0.2, 0.25) is 0 Å². The number of halogens is 3. The van der Waals surface area contributed by atoms with Gasteiger partial charge in [0.1, 0.15) is 0 Å². The van der Waals surface area contributed by atoms with Crippen LogP contribution in [0.1, 0.15) is 50.2 Å². The molecule has 0 aromatic heterocycles. The van der Waals surface area contributed by atoms with Crippen molar-refractivity contribution in [3.05, 3.63) is 53.6 Å². The van der Waals surface area contributed by atoms with Crippen LogP contribution in [-0.4, -0.2) is 27.3 Å². The second-order valence-electron chi connectivity index (χ2n) is 8.81. The molecule has 1 aromatic rings. The van der Waals surface area contributed by atoms with E-state index in [1.165, 1.54) is 6.07 Å². The van der Waals surface area contributed by atoms with Gasteiger partial charge < -0.3 is 5.32 Å². The van der Waals surface area contributed by atoms with Crippen molar-refractivity contribution in [2.24, 2.45) is 17.8 Å². The number of rotatable bonds is 7.